The first-order valence-corrected chi connectivity index (χ1v) is 7.60. The van der Waals surface area contributed by atoms with Gasteiger partial charge in [-0.15, -0.1) is 0 Å². The summed E-state index contributed by atoms with van der Waals surface area (Å²) < 4.78 is 0. The molecule has 1 aliphatic heterocycles. The highest BCUT2D eigenvalue weighted by atomic mass is 16.2. The topological polar surface area (TPSA) is 61.6 Å². The third-order valence-electron chi connectivity index (χ3n) is 3.98. The van der Waals surface area contributed by atoms with Gasteiger partial charge in [0.15, 0.2) is 0 Å². The van der Waals surface area contributed by atoms with Crippen LogP contribution in [0.4, 0.5) is 5.69 Å². The van der Waals surface area contributed by atoms with E-state index in [-0.39, 0.29) is 5.91 Å². The molecule has 1 aromatic carbocycles. The second-order valence-electron chi connectivity index (χ2n) is 5.89. The molecule has 1 aromatic rings. The molecule has 5 heteroatoms. The molecule has 3 N–H and O–H groups in total. The first-order valence-electron chi connectivity index (χ1n) is 7.60. The van der Waals surface area contributed by atoms with E-state index in [2.05, 4.69) is 29.1 Å². The molecule has 5 nitrogen and oxygen atoms in total. The van der Waals surface area contributed by atoms with Gasteiger partial charge in [-0.1, -0.05) is 12.1 Å². The number of benzene rings is 1. The Morgan fingerprint density at radius 3 is 3.00 bits per heavy atom. The Bertz CT molecular complexity index is 477. The van der Waals surface area contributed by atoms with Crippen LogP contribution in [-0.2, 0) is 11.3 Å². The molecule has 21 heavy (non-hydrogen) atoms. The van der Waals surface area contributed by atoms with Crippen LogP contribution in [0.5, 0.6) is 0 Å². The van der Waals surface area contributed by atoms with Crippen molar-refractivity contribution in [2.45, 2.75) is 25.9 Å². The predicted octanol–water partition coefficient (Wildman–Crippen LogP) is 1.11. The third kappa shape index (κ3) is 4.81. The summed E-state index contributed by atoms with van der Waals surface area (Å²) in [7, 11) is 2.14. The minimum absolute atomic E-state index is 0.0422. The summed E-state index contributed by atoms with van der Waals surface area (Å²) in [5, 5.41) is 2.97. The van der Waals surface area contributed by atoms with Crippen LogP contribution >= 0.6 is 0 Å². The van der Waals surface area contributed by atoms with E-state index in [0.717, 1.165) is 37.3 Å². The van der Waals surface area contributed by atoms with Gasteiger partial charge in [0.25, 0.3) is 0 Å². The number of amides is 1. The van der Waals surface area contributed by atoms with E-state index >= 15 is 0 Å². The first kappa shape index (κ1) is 15.9. The number of carbonyl (C=O) groups excluding carboxylic acids is 1. The molecule has 0 bridgehead atoms. The number of carbonyl (C=O) groups is 1. The number of hydrogen-bond acceptors (Lipinski definition) is 4. The Morgan fingerprint density at radius 2 is 2.24 bits per heavy atom. The van der Waals surface area contributed by atoms with Gasteiger partial charge in [-0.2, -0.15) is 0 Å². The lowest BCUT2D eigenvalue weighted by Crippen LogP contribution is -2.42. The number of likely N-dealkylation sites (N-methyl/N-ethyl adjacent to an activating group) is 1. The molecule has 1 atom stereocenters. The van der Waals surface area contributed by atoms with Crippen LogP contribution in [0.25, 0.3) is 0 Å². The van der Waals surface area contributed by atoms with Crippen molar-refractivity contribution in [2.75, 3.05) is 38.5 Å². The number of nitrogens with two attached hydrogens (primary N) is 1. The summed E-state index contributed by atoms with van der Waals surface area (Å²) in [5.74, 6) is 0.0422. The normalized spacial score (nSPS) is 21.0. The molecule has 1 saturated heterocycles. The van der Waals surface area contributed by atoms with Crippen molar-refractivity contribution in [3.8, 4) is 0 Å². The molecule has 1 aliphatic rings. The number of anilines is 1. The summed E-state index contributed by atoms with van der Waals surface area (Å²) in [5.41, 5.74) is 7.47. The van der Waals surface area contributed by atoms with Crippen LogP contribution in [0.15, 0.2) is 24.3 Å². The number of rotatable bonds is 4. The van der Waals surface area contributed by atoms with Crippen LogP contribution in [0.2, 0.25) is 0 Å². The molecule has 1 amide bonds. The molecule has 116 valence electrons. The second kappa shape index (κ2) is 7.54. The zero-order valence-corrected chi connectivity index (χ0v) is 13.0. The molecular weight excluding hydrogens is 264 g/mol. The van der Waals surface area contributed by atoms with Gasteiger partial charge in [-0.05, 0) is 44.6 Å². The van der Waals surface area contributed by atoms with Crippen molar-refractivity contribution in [1.82, 2.24) is 9.80 Å². The van der Waals surface area contributed by atoms with E-state index in [4.69, 9.17) is 5.73 Å². The average molecular weight is 290 g/mol. The molecule has 0 spiro atoms. The van der Waals surface area contributed by atoms with Gasteiger partial charge in [-0.25, -0.2) is 0 Å². The molecule has 0 radical (unpaired) electrons. The van der Waals surface area contributed by atoms with Gasteiger partial charge < -0.3 is 16.0 Å². The molecule has 1 unspecified atom stereocenters. The highest BCUT2D eigenvalue weighted by Crippen LogP contribution is 2.12. The summed E-state index contributed by atoms with van der Waals surface area (Å²) in [4.78, 5) is 16.8. The minimum atomic E-state index is 0.0422. The van der Waals surface area contributed by atoms with Crippen LogP contribution in [0, 0.1) is 0 Å². The second-order valence-corrected chi connectivity index (χ2v) is 5.89. The smallest absolute Gasteiger partial charge is 0.238 e. The molecule has 0 aromatic heterocycles. The Balaban J connectivity index is 1.91. The van der Waals surface area contributed by atoms with Crippen LogP contribution in [0.1, 0.15) is 18.9 Å². The van der Waals surface area contributed by atoms with Crippen molar-refractivity contribution in [3.63, 3.8) is 0 Å². The van der Waals surface area contributed by atoms with E-state index in [0.29, 0.717) is 19.1 Å². The fraction of sp³-hybridized carbons (Fsp3) is 0.562. The van der Waals surface area contributed by atoms with Crippen LogP contribution in [0.3, 0.4) is 0 Å². The summed E-state index contributed by atoms with van der Waals surface area (Å²) in [6, 6.07) is 8.11. The fourth-order valence-electron chi connectivity index (χ4n) is 2.82. The van der Waals surface area contributed by atoms with Crippen molar-refractivity contribution < 1.29 is 4.79 Å². The number of nitrogens with one attached hydrogen (secondary N) is 1. The lowest BCUT2D eigenvalue weighted by atomic mass is 10.2. The molecular formula is C16H26N4O. The van der Waals surface area contributed by atoms with Crippen LogP contribution < -0.4 is 11.1 Å². The van der Waals surface area contributed by atoms with Crippen molar-refractivity contribution in [2.24, 2.45) is 5.73 Å². The van der Waals surface area contributed by atoms with Gasteiger partial charge in [0.1, 0.15) is 0 Å². The maximum absolute atomic E-state index is 12.2. The predicted molar refractivity (Wildman–Crippen MR) is 86.1 cm³/mol. The zero-order chi connectivity index (χ0) is 15.2. The monoisotopic (exact) mass is 290 g/mol. The van der Waals surface area contributed by atoms with Gasteiger partial charge >= 0.3 is 0 Å². The lowest BCUT2D eigenvalue weighted by Gasteiger charge is -2.27. The van der Waals surface area contributed by atoms with E-state index in [1.807, 2.05) is 24.3 Å². The van der Waals surface area contributed by atoms with Crippen LogP contribution in [-0.4, -0.2) is 55.0 Å². The third-order valence-corrected chi connectivity index (χ3v) is 3.98. The zero-order valence-electron chi connectivity index (χ0n) is 13.0. The van der Waals surface area contributed by atoms with Gasteiger partial charge in [-0.3, -0.25) is 9.69 Å². The summed E-state index contributed by atoms with van der Waals surface area (Å²) >= 11 is 0. The molecule has 2 rings (SSSR count). The highest BCUT2D eigenvalue weighted by Gasteiger charge is 2.21. The largest absolute Gasteiger partial charge is 0.326 e. The molecule has 1 fully saturated rings. The maximum atomic E-state index is 12.2. The standard InChI is InChI=1S/C16H26N4O/c1-13-11-19(2)7-4-8-20(13)12-16(21)18-15-6-3-5-14(9-15)10-17/h3,5-6,9,13H,4,7-8,10-12,17H2,1-2H3,(H,18,21). The van der Waals surface area contributed by atoms with Crippen molar-refractivity contribution in [1.29, 1.82) is 0 Å². The highest BCUT2D eigenvalue weighted by molar-refractivity contribution is 5.92. The van der Waals surface area contributed by atoms with Gasteiger partial charge in [0, 0.05) is 31.4 Å². The Hall–Kier alpha value is -1.43. The first-order chi connectivity index (χ1) is 10.1. The molecule has 0 saturated carbocycles. The Labute approximate surface area is 127 Å². The molecule has 1 heterocycles. The Kier molecular flexibility index (Phi) is 5.73. The van der Waals surface area contributed by atoms with E-state index in [1.54, 1.807) is 0 Å². The lowest BCUT2D eigenvalue weighted by molar-refractivity contribution is -0.117. The minimum Gasteiger partial charge on any atom is -0.326 e. The van der Waals surface area contributed by atoms with E-state index < -0.39 is 0 Å². The average Bonchev–Trinajstić information content (AvgIpc) is 2.60. The fourth-order valence-corrected chi connectivity index (χ4v) is 2.82. The van der Waals surface area contributed by atoms with Crippen molar-refractivity contribution >= 4 is 11.6 Å². The molecule has 0 aliphatic carbocycles. The van der Waals surface area contributed by atoms with Gasteiger partial charge in [0.05, 0.1) is 6.54 Å². The Morgan fingerprint density at radius 1 is 1.43 bits per heavy atom. The SMILES string of the molecule is CC1CN(C)CCCN1CC(=O)Nc1cccc(CN)c1. The van der Waals surface area contributed by atoms with E-state index in [1.165, 1.54) is 0 Å². The van der Waals surface area contributed by atoms with Gasteiger partial charge in [0.2, 0.25) is 5.91 Å². The maximum Gasteiger partial charge on any atom is 0.238 e. The summed E-state index contributed by atoms with van der Waals surface area (Å²) in [6.45, 7) is 6.20. The van der Waals surface area contributed by atoms with Crippen molar-refractivity contribution in [3.05, 3.63) is 29.8 Å². The summed E-state index contributed by atoms with van der Waals surface area (Å²) in [6.07, 6.45) is 1.11. The number of nitrogens with zero attached hydrogens (tertiary/aromatic N) is 2. The quantitative estimate of drug-likeness (QED) is 0.872. The van der Waals surface area contributed by atoms with E-state index in [9.17, 15) is 4.79 Å². The number of hydrogen-bond donors (Lipinski definition) is 2.